The van der Waals surface area contributed by atoms with Crippen LogP contribution >= 0.6 is 23.4 Å². The van der Waals surface area contributed by atoms with Crippen LogP contribution in [0.2, 0.25) is 5.02 Å². The maximum atomic E-state index is 10.7. The van der Waals surface area contributed by atoms with Gasteiger partial charge in [-0.25, -0.2) is 14.8 Å². The van der Waals surface area contributed by atoms with E-state index in [4.69, 9.17) is 16.7 Å². The predicted octanol–water partition coefficient (Wildman–Crippen LogP) is 2.32. The molecule has 2 aromatic heterocycles. The van der Waals surface area contributed by atoms with E-state index in [9.17, 15) is 4.79 Å². The molecule has 88 valence electrons. The minimum Gasteiger partial charge on any atom is -0.478 e. The number of aryl methyl sites for hydroxylation is 1. The Hall–Kier alpha value is -1.53. The number of carboxylic acid groups (broad SMARTS) is 1. The molecule has 0 spiro atoms. The summed E-state index contributed by atoms with van der Waals surface area (Å²) in [4.78, 5) is 18.8. The second-order valence-corrected chi connectivity index (χ2v) is 4.60. The highest BCUT2D eigenvalue weighted by molar-refractivity contribution is 7.99. The summed E-state index contributed by atoms with van der Waals surface area (Å²) in [6, 6.07) is 1.38. The lowest BCUT2D eigenvalue weighted by molar-refractivity contribution is 0.0696. The Morgan fingerprint density at radius 3 is 2.82 bits per heavy atom. The van der Waals surface area contributed by atoms with Crippen molar-refractivity contribution in [3.8, 4) is 0 Å². The number of aromatic nitrogens is 3. The zero-order chi connectivity index (χ0) is 12.4. The first-order chi connectivity index (χ1) is 8.08. The molecule has 0 aliphatic heterocycles. The van der Waals surface area contributed by atoms with Gasteiger partial charge in [-0.2, -0.15) is 0 Å². The summed E-state index contributed by atoms with van der Waals surface area (Å²) < 4.78 is 1.83. The van der Waals surface area contributed by atoms with Gasteiger partial charge in [0.25, 0.3) is 0 Å². The molecular formula is C10H8ClN3O2S. The lowest BCUT2D eigenvalue weighted by Crippen LogP contribution is -1.98. The summed E-state index contributed by atoms with van der Waals surface area (Å²) in [6.07, 6.45) is 4.75. The maximum absolute atomic E-state index is 10.7. The van der Waals surface area contributed by atoms with Gasteiger partial charge < -0.3 is 9.67 Å². The second kappa shape index (κ2) is 4.77. The summed E-state index contributed by atoms with van der Waals surface area (Å²) in [7, 11) is 1.86. The average Bonchev–Trinajstić information content (AvgIpc) is 2.67. The molecular weight excluding hydrogens is 262 g/mol. The van der Waals surface area contributed by atoms with E-state index < -0.39 is 5.97 Å². The minimum atomic E-state index is -1.05. The molecule has 0 saturated carbocycles. The summed E-state index contributed by atoms with van der Waals surface area (Å²) in [5.74, 6) is -1.05. The highest BCUT2D eigenvalue weighted by atomic mass is 35.5. The van der Waals surface area contributed by atoms with Crippen LogP contribution in [0.25, 0.3) is 0 Å². The first kappa shape index (κ1) is 11.9. The number of halogens is 1. The molecule has 0 amide bonds. The minimum absolute atomic E-state index is 0.0687. The molecule has 0 bridgehead atoms. The van der Waals surface area contributed by atoms with Crippen LogP contribution in [0, 0.1) is 0 Å². The Balaban J connectivity index is 2.29. The third-order valence-electron chi connectivity index (χ3n) is 2.02. The Kier molecular flexibility index (Phi) is 3.35. The number of carbonyl (C=O) groups is 1. The van der Waals surface area contributed by atoms with Crippen molar-refractivity contribution in [3.63, 3.8) is 0 Å². The predicted molar refractivity (Wildman–Crippen MR) is 63.5 cm³/mol. The van der Waals surface area contributed by atoms with Crippen LogP contribution in [0.15, 0.2) is 34.8 Å². The summed E-state index contributed by atoms with van der Waals surface area (Å²) in [6.45, 7) is 0. The van der Waals surface area contributed by atoms with Crippen LogP contribution in [-0.2, 0) is 7.05 Å². The highest BCUT2D eigenvalue weighted by Crippen LogP contribution is 2.30. The van der Waals surface area contributed by atoms with E-state index in [1.807, 2.05) is 17.8 Å². The molecule has 1 N–H and O–H groups in total. The number of hydrogen-bond acceptors (Lipinski definition) is 4. The van der Waals surface area contributed by atoms with Gasteiger partial charge in [0, 0.05) is 25.6 Å². The number of carboxylic acids is 1. The van der Waals surface area contributed by atoms with Crippen molar-refractivity contribution in [1.82, 2.24) is 14.5 Å². The monoisotopic (exact) mass is 269 g/mol. The maximum Gasteiger partial charge on any atom is 0.337 e. The van der Waals surface area contributed by atoms with Gasteiger partial charge in [0.05, 0.1) is 10.6 Å². The van der Waals surface area contributed by atoms with Gasteiger partial charge in [0.15, 0.2) is 5.16 Å². The van der Waals surface area contributed by atoms with Crippen molar-refractivity contribution in [3.05, 3.63) is 35.2 Å². The molecule has 0 saturated heterocycles. The summed E-state index contributed by atoms with van der Waals surface area (Å²) in [5.41, 5.74) is 0.0687. The van der Waals surface area contributed by atoms with E-state index in [-0.39, 0.29) is 5.56 Å². The average molecular weight is 270 g/mol. The van der Waals surface area contributed by atoms with E-state index in [1.165, 1.54) is 24.0 Å². The Morgan fingerprint density at radius 1 is 1.53 bits per heavy atom. The van der Waals surface area contributed by atoms with Gasteiger partial charge in [-0.1, -0.05) is 11.6 Å². The van der Waals surface area contributed by atoms with Crippen molar-refractivity contribution in [2.24, 2.45) is 7.05 Å². The van der Waals surface area contributed by atoms with Gasteiger partial charge in [0.1, 0.15) is 5.03 Å². The van der Waals surface area contributed by atoms with Crippen LogP contribution in [0.1, 0.15) is 10.4 Å². The molecule has 0 radical (unpaired) electrons. The van der Waals surface area contributed by atoms with Crippen LogP contribution in [-0.4, -0.2) is 25.6 Å². The van der Waals surface area contributed by atoms with Crippen LogP contribution in [0.5, 0.6) is 0 Å². The molecule has 0 aromatic carbocycles. The fourth-order valence-corrected chi connectivity index (χ4v) is 2.19. The lowest BCUT2D eigenvalue weighted by Gasteiger charge is -2.03. The van der Waals surface area contributed by atoms with Gasteiger partial charge >= 0.3 is 5.97 Å². The number of nitrogens with zero attached hydrogens (tertiary/aromatic N) is 3. The lowest BCUT2D eigenvalue weighted by atomic mass is 10.3. The molecule has 0 aliphatic carbocycles. The molecule has 2 rings (SSSR count). The Bertz CT molecular complexity index is 570. The van der Waals surface area contributed by atoms with Gasteiger partial charge in [-0.3, -0.25) is 0 Å². The third kappa shape index (κ3) is 2.59. The van der Waals surface area contributed by atoms with Crippen molar-refractivity contribution >= 4 is 29.3 Å². The first-order valence-corrected chi connectivity index (χ1v) is 5.81. The van der Waals surface area contributed by atoms with Crippen molar-refractivity contribution in [2.45, 2.75) is 10.2 Å². The quantitative estimate of drug-likeness (QED) is 0.926. The van der Waals surface area contributed by atoms with E-state index in [2.05, 4.69) is 9.97 Å². The molecule has 0 atom stereocenters. The number of pyridine rings is 1. The summed E-state index contributed by atoms with van der Waals surface area (Å²) >= 11 is 7.24. The third-order valence-corrected chi connectivity index (χ3v) is 3.51. The molecule has 0 aliphatic rings. The van der Waals surface area contributed by atoms with Crippen LogP contribution < -0.4 is 0 Å². The largest absolute Gasteiger partial charge is 0.478 e. The first-order valence-electron chi connectivity index (χ1n) is 4.62. The number of aromatic carboxylic acids is 1. The molecule has 0 fully saturated rings. The molecule has 0 unspecified atom stereocenters. The van der Waals surface area contributed by atoms with Gasteiger partial charge in [-0.15, -0.1) is 0 Å². The van der Waals surface area contributed by atoms with Gasteiger partial charge in [-0.05, 0) is 17.8 Å². The van der Waals surface area contributed by atoms with Crippen LogP contribution in [0.4, 0.5) is 0 Å². The van der Waals surface area contributed by atoms with Crippen molar-refractivity contribution < 1.29 is 9.90 Å². The second-order valence-electron chi connectivity index (χ2n) is 3.24. The molecule has 5 nitrogen and oxygen atoms in total. The fraction of sp³-hybridized carbons (Fsp3) is 0.100. The molecule has 2 aromatic rings. The number of hydrogen-bond donors (Lipinski definition) is 1. The number of imidazole rings is 1. The SMILES string of the molecule is Cn1ccnc1Sc1ncc(C(=O)O)cc1Cl. The van der Waals surface area contributed by atoms with E-state index in [0.717, 1.165) is 5.16 Å². The summed E-state index contributed by atoms with van der Waals surface area (Å²) in [5, 5.41) is 10.4. The molecule has 7 heteroatoms. The highest BCUT2D eigenvalue weighted by Gasteiger charge is 2.11. The van der Waals surface area contributed by atoms with Gasteiger partial charge in [0.2, 0.25) is 0 Å². The Morgan fingerprint density at radius 2 is 2.29 bits per heavy atom. The van der Waals surface area contributed by atoms with Crippen molar-refractivity contribution in [2.75, 3.05) is 0 Å². The standard InChI is InChI=1S/C10H8ClN3O2S/c1-14-3-2-12-10(14)17-8-7(11)4-6(5-13-8)9(15)16/h2-5H,1H3,(H,15,16). The van der Waals surface area contributed by atoms with Crippen LogP contribution in [0.3, 0.4) is 0 Å². The fourth-order valence-electron chi connectivity index (χ4n) is 1.15. The zero-order valence-electron chi connectivity index (χ0n) is 8.79. The smallest absolute Gasteiger partial charge is 0.337 e. The van der Waals surface area contributed by atoms with E-state index in [0.29, 0.717) is 10.0 Å². The number of rotatable bonds is 3. The topological polar surface area (TPSA) is 68.0 Å². The molecule has 2 heterocycles. The van der Waals surface area contributed by atoms with Crippen molar-refractivity contribution in [1.29, 1.82) is 0 Å². The van der Waals surface area contributed by atoms with E-state index >= 15 is 0 Å². The van der Waals surface area contributed by atoms with E-state index in [1.54, 1.807) is 6.20 Å². The molecule has 17 heavy (non-hydrogen) atoms. The zero-order valence-corrected chi connectivity index (χ0v) is 10.4. The Labute approximate surface area is 106 Å². The normalized spacial score (nSPS) is 10.5.